The number of hydrogen-bond donors (Lipinski definition) is 1. The summed E-state index contributed by atoms with van der Waals surface area (Å²) < 4.78 is 7.11. The van der Waals surface area contributed by atoms with Gasteiger partial charge in [0.15, 0.2) is 5.82 Å². The summed E-state index contributed by atoms with van der Waals surface area (Å²) in [6, 6.07) is 11.5. The Morgan fingerprint density at radius 2 is 1.96 bits per heavy atom. The van der Waals surface area contributed by atoms with Crippen molar-refractivity contribution in [1.82, 2.24) is 29.9 Å². The van der Waals surface area contributed by atoms with E-state index in [1.807, 2.05) is 50.2 Å². The number of carbonyl (C=O) groups excluding carboxylic acids is 1. The zero-order chi connectivity index (χ0) is 18.8. The first-order chi connectivity index (χ1) is 13.1. The van der Waals surface area contributed by atoms with E-state index >= 15 is 0 Å². The van der Waals surface area contributed by atoms with Crippen molar-refractivity contribution < 1.29 is 9.21 Å². The van der Waals surface area contributed by atoms with Gasteiger partial charge >= 0.3 is 0 Å². The van der Waals surface area contributed by atoms with Gasteiger partial charge in [-0.25, -0.2) is 14.5 Å². The second-order valence-corrected chi connectivity index (χ2v) is 6.24. The van der Waals surface area contributed by atoms with Crippen LogP contribution in [0.2, 0.25) is 0 Å². The van der Waals surface area contributed by atoms with Gasteiger partial charge in [0.05, 0.1) is 18.7 Å². The predicted octanol–water partition coefficient (Wildman–Crippen LogP) is 2.26. The van der Waals surface area contributed by atoms with Crippen LogP contribution in [0.15, 0.2) is 47.1 Å². The molecule has 8 nitrogen and oxygen atoms in total. The van der Waals surface area contributed by atoms with Crippen LogP contribution >= 0.6 is 0 Å². The van der Waals surface area contributed by atoms with Gasteiger partial charge in [-0.1, -0.05) is 18.2 Å². The van der Waals surface area contributed by atoms with Crippen LogP contribution in [0.4, 0.5) is 0 Å². The molecule has 0 fully saturated rings. The molecule has 4 rings (SSSR count). The lowest BCUT2D eigenvalue weighted by Gasteiger charge is -2.00. The van der Waals surface area contributed by atoms with Crippen molar-refractivity contribution in [3.8, 4) is 11.5 Å². The molecule has 0 unspecified atom stereocenters. The summed E-state index contributed by atoms with van der Waals surface area (Å²) in [4.78, 5) is 25.2. The predicted molar refractivity (Wildman–Crippen MR) is 97.7 cm³/mol. The third kappa shape index (κ3) is 3.69. The first-order valence-corrected chi connectivity index (χ1v) is 8.55. The maximum absolute atomic E-state index is 12.2. The number of aromatic nitrogens is 5. The molecule has 0 aliphatic carbocycles. The summed E-state index contributed by atoms with van der Waals surface area (Å²) in [5.74, 6) is 1.27. The molecule has 3 aromatic heterocycles. The summed E-state index contributed by atoms with van der Waals surface area (Å²) >= 11 is 0. The molecule has 0 aliphatic heterocycles. The highest BCUT2D eigenvalue weighted by molar-refractivity contribution is 5.77. The molecule has 0 bridgehead atoms. The fourth-order valence-corrected chi connectivity index (χ4v) is 2.78. The zero-order valence-electron chi connectivity index (χ0n) is 15.0. The Morgan fingerprint density at radius 1 is 1.15 bits per heavy atom. The normalized spacial score (nSPS) is 11.0. The molecule has 0 saturated carbocycles. The number of benzene rings is 1. The van der Waals surface area contributed by atoms with Crippen LogP contribution in [0.1, 0.15) is 22.9 Å². The Hall–Kier alpha value is -3.55. The van der Waals surface area contributed by atoms with Crippen LogP contribution in [0, 0.1) is 13.8 Å². The number of fused-ring (bicyclic) bond motifs is 1. The monoisotopic (exact) mass is 362 g/mol. The first-order valence-electron chi connectivity index (χ1n) is 8.55. The molecule has 27 heavy (non-hydrogen) atoms. The molecule has 0 atom stereocenters. The number of aryl methyl sites for hydroxylation is 2. The van der Waals surface area contributed by atoms with E-state index in [9.17, 15) is 4.79 Å². The zero-order valence-corrected chi connectivity index (χ0v) is 15.0. The van der Waals surface area contributed by atoms with Crippen LogP contribution in [0.5, 0.6) is 0 Å². The molecule has 4 aromatic rings. The van der Waals surface area contributed by atoms with Gasteiger partial charge in [0, 0.05) is 17.0 Å². The lowest BCUT2D eigenvalue weighted by atomic mass is 10.2. The summed E-state index contributed by atoms with van der Waals surface area (Å²) in [7, 11) is 0. The minimum atomic E-state index is -0.190. The van der Waals surface area contributed by atoms with Gasteiger partial charge < -0.3 is 9.73 Å². The second kappa shape index (κ2) is 6.99. The highest BCUT2D eigenvalue weighted by atomic mass is 16.3. The maximum atomic E-state index is 12.2. The fourth-order valence-electron chi connectivity index (χ4n) is 2.78. The van der Waals surface area contributed by atoms with E-state index in [4.69, 9.17) is 4.42 Å². The molecule has 1 aromatic carbocycles. The van der Waals surface area contributed by atoms with Gasteiger partial charge in [-0.15, -0.1) is 5.10 Å². The van der Waals surface area contributed by atoms with Crippen molar-refractivity contribution in [1.29, 1.82) is 0 Å². The number of carbonyl (C=O) groups is 1. The van der Waals surface area contributed by atoms with E-state index < -0.39 is 0 Å². The Morgan fingerprint density at radius 3 is 2.78 bits per heavy atom. The van der Waals surface area contributed by atoms with Crippen LogP contribution < -0.4 is 5.32 Å². The summed E-state index contributed by atoms with van der Waals surface area (Å²) in [6.07, 6.45) is 1.62. The van der Waals surface area contributed by atoms with Crippen molar-refractivity contribution in [3.05, 3.63) is 65.6 Å². The van der Waals surface area contributed by atoms with Crippen molar-refractivity contribution in [2.45, 2.75) is 26.8 Å². The molecule has 0 radical (unpaired) electrons. The van der Waals surface area contributed by atoms with Gasteiger partial charge in [-0.2, -0.15) is 4.98 Å². The van der Waals surface area contributed by atoms with Crippen LogP contribution in [0.3, 0.4) is 0 Å². The number of hydrogen-bond acceptors (Lipinski definition) is 6. The van der Waals surface area contributed by atoms with Crippen molar-refractivity contribution in [3.63, 3.8) is 0 Å². The third-order valence-electron chi connectivity index (χ3n) is 4.02. The first kappa shape index (κ1) is 16.9. The van der Waals surface area contributed by atoms with Crippen LogP contribution in [-0.4, -0.2) is 30.5 Å². The molecule has 0 saturated heterocycles. The van der Waals surface area contributed by atoms with Gasteiger partial charge in [0.1, 0.15) is 6.26 Å². The van der Waals surface area contributed by atoms with E-state index in [1.165, 1.54) is 0 Å². The number of rotatable bonds is 5. The van der Waals surface area contributed by atoms with Gasteiger partial charge in [0.25, 0.3) is 5.78 Å². The molecule has 0 spiro atoms. The lowest BCUT2D eigenvalue weighted by molar-refractivity contribution is -0.120. The average Bonchev–Trinajstić information content (AvgIpc) is 3.27. The molecule has 0 aliphatic rings. The molecule has 8 heteroatoms. The molecular weight excluding hydrogens is 344 g/mol. The smallest absolute Gasteiger partial charge is 0.252 e. The third-order valence-corrected chi connectivity index (χ3v) is 4.02. The topological polar surface area (TPSA) is 98.2 Å². The SMILES string of the molecule is Cc1cc(C)n2nc(CC(=O)NCc3coc(-c4ccccc4)n3)nc2n1. The summed E-state index contributed by atoms with van der Waals surface area (Å²) in [6.45, 7) is 4.10. The highest BCUT2D eigenvalue weighted by Gasteiger charge is 2.13. The highest BCUT2D eigenvalue weighted by Crippen LogP contribution is 2.17. The van der Waals surface area contributed by atoms with Crippen molar-refractivity contribution in [2.75, 3.05) is 0 Å². The quantitative estimate of drug-likeness (QED) is 0.585. The van der Waals surface area contributed by atoms with Crippen molar-refractivity contribution >= 4 is 11.7 Å². The van der Waals surface area contributed by atoms with E-state index in [2.05, 4.69) is 25.4 Å². The minimum Gasteiger partial charge on any atom is -0.444 e. The standard InChI is InChI=1S/C19H18N6O2/c1-12-8-13(2)25-19(21-12)23-16(24-25)9-17(26)20-10-15-11-27-18(22-15)14-6-4-3-5-7-14/h3-8,11H,9-10H2,1-2H3,(H,20,26). The number of amides is 1. The van der Waals surface area contributed by atoms with E-state index in [1.54, 1.807) is 10.8 Å². The lowest BCUT2D eigenvalue weighted by Crippen LogP contribution is -2.25. The number of nitrogens with zero attached hydrogens (tertiary/aromatic N) is 5. The molecule has 136 valence electrons. The summed E-state index contributed by atoms with van der Waals surface area (Å²) in [5.41, 5.74) is 3.33. The van der Waals surface area contributed by atoms with Crippen molar-refractivity contribution in [2.24, 2.45) is 0 Å². The summed E-state index contributed by atoms with van der Waals surface area (Å²) in [5, 5.41) is 7.15. The minimum absolute atomic E-state index is 0.0746. The molecular formula is C19H18N6O2. The number of oxazole rings is 1. The van der Waals surface area contributed by atoms with E-state index in [-0.39, 0.29) is 18.9 Å². The van der Waals surface area contributed by atoms with Gasteiger partial charge in [-0.05, 0) is 32.0 Å². The Bertz CT molecular complexity index is 1100. The maximum Gasteiger partial charge on any atom is 0.252 e. The molecule has 1 N–H and O–H groups in total. The molecule has 1 amide bonds. The van der Waals surface area contributed by atoms with Crippen LogP contribution in [-0.2, 0) is 17.8 Å². The van der Waals surface area contributed by atoms with Gasteiger partial charge in [0.2, 0.25) is 11.8 Å². The Labute approximate surface area is 155 Å². The Kier molecular flexibility index (Phi) is 4.37. The van der Waals surface area contributed by atoms with Gasteiger partial charge in [-0.3, -0.25) is 4.79 Å². The van der Waals surface area contributed by atoms with Crippen LogP contribution in [0.25, 0.3) is 17.2 Å². The average molecular weight is 362 g/mol. The van der Waals surface area contributed by atoms with E-state index in [0.29, 0.717) is 23.2 Å². The fraction of sp³-hybridized carbons (Fsp3) is 0.211. The number of nitrogens with one attached hydrogen (secondary N) is 1. The van der Waals surface area contributed by atoms with E-state index in [0.717, 1.165) is 17.0 Å². The second-order valence-electron chi connectivity index (χ2n) is 6.24. The largest absolute Gasteiger partial charge is 0.444 e. The molecule has 3 heterocycles. The Balaban J connectivity index is 1.39.